The fraction of sp³-hybridized carbons (Fsp3) is 0.333. The number of rotatable bonds is 3. The zero-order valence-electron chi connectivity index (χ0n) is 12.7. The first-order valence-corrected chi connectivity index (χ1v) is 7.56. The van der Waals surface area contributed by atoms with E-state index in [2.05, 4.69) is 42.2 Å². The van der Waals surface area contributed by atoms with Crippen LogP contribution in [-0.4, -0.2) is 13.2 Å². The van der Waals surface area contributed by atoms with E-state index >= 15 is 0 Å². The van der Waals surface area contributed by atoms with Crippen molar-refractivity contribution >= 4 is 17.1 Å². The summed E-state index contributed by atoms with van der Waals surface area (Å²) in [4.78, 5) is 2.37. The van der Waals surface area contributed by atoms with Gasteiger partial charge in [0.15, 0.2) is 0 Å². The quantitative estimate of drug-likeness (QED) is 0.865. The number of nitrogens with zero attached hydrogens (tertiary/aromatic N) is 1. The third kappa shape index (κ3) is 2.68. The number of fused-ring (bicyclic) bond motifs is 1. The molecule has 0 aliphatic carbocycles. The molecular formula is C18H22N2O. The molecule has 1 unspecified atom stereocenters. The molecule has 0 amide bonds. The Balaban J connectivity index is 2.02. The molecule has 2 aromatic rings. The van der Waals surface area contributed by atoms with E-state index in [4.69, 9.17) is 10.5 Å². The van der Waals surface area contributed by atoms with Crippen LogP contribution in [0.1, 0.15) is 19.4 Å². The van der Waals surface area contributed by atoms with Crippen LogP contribution in [0.3, 0.4) is 0 Å². The van der Waals surface area contributed by atoms with Crippen molar-refractivity contribution in [2.45, 2.75) is 20.3 Å². The first-order valence-electron chi connectivity index (χ1n) is 7.56. The summed E-state index contributed by atoms with van der Waals surface area (Å²) in [6, 6.07) is 14.7. The van der Waals surface area contributed by atoms with Crippen LogP contribution < -0.4 is 15.4 Å². The smallest absolute Gasteiger partial charge is 0.144 e. The van der Waals surface area contributed by atoms with Gasteiger partial charge < -0.3 is 15.4 Å². The van der Waals surface area contributed by atoms with Gasteiger partial charge in [-0.1, -0.05) is 25.1 Å². The second kappa shape index (κ2) is 5.68. The van der Waals surface area contributed by atoms with Crippen molar-refractivity contribution in [1.82, 2.24) is 0 Å². The summed E-state index contributed by atoms with van der Waals surface area (Å²) in [5.74, 6) is 1.40. The summed E-state index contributed by atoms with van der Waals surface area (Å²) < 4.78 is 5.63. The summed E-state index contributed by atoms with van der Waals surface area (Å²) in [5, 5.41) is 0. The van der Waals surface area contributed by atoms with Gasteiger partial charge in [-0.15, -0.1) is 0 Å². The Morgan fingerprint density at radius 2 is 2.05 bits per heavy atom. The molecule has 0 bridgehead atoms. The summed E-state index contributed by atoms with van der Waals surface area (Å²) in [5.41, 5.74) is 10.5. The minimum absolute atomic E-state index is 0.626. The van der Waals surface area contributed by atoms with Crippen molar-refractivity contribution in [2.75, 3.05) is 23.8 Å². The average molecular weight is 282 g/mol. The third-order valence-corrected chi connectivity index (χ3v) is 3.95. The lowest BCUT2D eigenvalue weighted by atomic mass is 9.93. The maximum absolute atomic E-state index is 5.98. The summed E-state index contributed by atoms with van der Waals surface area (Å²) >= 11 is 0. The van der Waals surface area contributed by atoms with Crippen LogP contribution in [0.15, 0.2) is 42.5 Å². The molecule has 3 rings (SSSR count). The third-order valence-electron chi connectivity index (χ3n) is 3.95. The van der Waals surface area contributed by atoms with Crippen LogP contribution in [0.2, 0.25) is 0 Å². The lowest BCUT2D eigenvalue weighted by Crippen LogP contribution is -2.30. The first kappa shape index (κ1) is 13.8. The molecule has 0 saturated heterocycles. The molecule has 2 aromatic carbocycles. The predicted octanol–water partition coefficient (Wildman–Crippen LogP) is 4.00. The number of nitrogen functional groups attached to an aromatic ring is 1. The SMILES string of the molecule is CCOc1cc(N2CC(C)Cc3ccccc32)ccc1N. The molecule has 21 heavy (non-hydrogen) atoms. The van der Waals surface area contributed by atoms with E-state index in [1.165, 1.54) is 11.3 Å². The normalized spacial score (nSPS) is 17.4. The highest BCUT2D eigenvalue weighted by Crippen LogP contribution is 2.37. The average Bonchev–Trinajstić information content (AvgIpc) is 2.49. The monoisotopic (exact) mass is 282 g/mol. The summed E-state index contributed by atoms with van der Waals surface area (Å²) in [7, 11) is 0. The number of hydrogen-bond donors (Lipinski definition) is 1. The molecule has 0 spiro atoms. The van der Waals surface area contributed by atoms with Gasteiger partial charge in [-0.2, -0.15) is 0 Å². The fourth-order valence-corrected chi connectivity index (χ4v) is 3.01. The number of ether oxygens (including phenoxy) is 1. The van der Waals surface area contributed by atoms with Crippen LogP contribution in [-0.2, 0) is 6.42 Å². The number of anilines is 3. The molecule has 0 aromatic heterocycles. The van der Waals surface area contributed by atoms with Crippen molar-refractivity contribution in [1.29, 1.82) is 0 Å². The Hall–Kier alpha value is -2.16. The Labute approximate surface area is 126 Å². The molecule has 1 heterocycles. The molecule has 0 saturated carbocycles. The van der Waals surface area contributed by atoms with E-state index in [1.807, 2.05) is 19.1 Å². The number of nitrogens with two attached hydrogens (primary N) is 1. The standard InChI is InChI=1S/C18H22N2O/c1-3-21-18-11-15(8-9-16(18)19)20-12-13(2)10-14-6-4-5-7-17(14)20/h4-9,11,13H,3,10,12,19H2,1-2H3. The predicted molar refractivity (Wildman–Crippen MR) is 88.3 cm³/mol. The topological polar surface area (TPSA) is 38.5 Å². The molecule has 110 valence electrons. The van der Waals surface area contributed by atoms with E-state index in [-0.39, 0.29) is 0 Å². The fourth-order valence-electron chi connectivity index (χ4n) is 3.01. The molecule has 3 heteroatoms. The van der Waals surface area contributed by atoms with Crippen LogP contribution in [0, 0.1) is 5.92 Å². The van der Waals surface area contributed by atoms with E-state index in [9.17, 15) is 0 Å². The van der Waals surface area contributed by atoms with Crippen molar-refractivity contribution < 1.29 is 4.74 Å². The van der Waals surface area contributed by atoms with Crippen molar-refractivity contribution in [2.24, 2.45) is 5.92 Å². The number of benzene rings is 2. The zero-order chi connectivity index (χ0) is 14.8. The highest BCUT2D eigenvalue weighted by Gasteiger charge is 2.23. The van der Waals surface area contributed by atoms with Gasteiger partial charge in [0, 0.05) is 24.0 Å². The van der Waals surface area contributed by atoms with Crippen molar-refractivity contribution in [3.63, 3.8) is 0 Å². The van der Waals surface area contributed by atoms with Gasteiger partial charge in [-0.3, -0.25) is 0 Å². The van der Waals surface area contributed by atoms with Crippen LogP contribution in [0.4, 0.5) is 17.1 Å². The molecule has 3 nitrogen and oxygen atoms in total. The number of para-hydroxylation sites is 1. The van der Waals surface area contributed by atoms with Crippen molar-refractivity contribution in [3.8, 4) is 5.75 Å². The van der Waals surface area contributed by atoms with Gasteiger partial charge in [-0.25, -0.2) is 0 Å². The van der Waals surface area contributed by atoms with Gasteiger partial charge in [0.2, 0.25) is 0 Å². The van der Waals surface area contributed by atoms with Gasteiger partial charge in [0.25, 0.3) is 0 Å². The molecule has 1 aliphatic rings. The maximum atomic E-state index is 5.98. The second-order valence-corrected chi connectivity index (χ2v) is 5.70. The van der Waals surface area contributed by atoms with Gasteiger partial charge in [0.05, 0.1) is 12.3 Å². The maximum Gasteiger partial charge on any atom is 0.144 e. The highest BCUT2D eigenvalue weighted by atomic mass is 16.5. The molecule has 1 atom stereocenters. The van der Waals surface area contributed by atoms with Crippen molar-refractivity contribution in [3.05, 3.63) is 48.0 Å². The molecule has 0 fully saturated rings. The van der Waals surface area contributed by atoms with E-state index < -0.39 is 0 Å². The minimum atomic E-state index is 0.626. The minimum Gasteiger partial charge on any atom is -0.492 e. The van der Waals surface area contributed by atoms with Crippen LogP contribution in [0.25, 0.3) is 0 Å². The van der Waals surface area contributed by atoms with Gasteiger partial charge in [0.1, 0.15) is 5.75 Å². The van der Waals surface area contributed by atoms with E-state index in [0.717, 1.165) is 24.4 Å². The summed E-state index contributed by atoms with van der Waals surface area (Å²) in [6.45, 7) is 5.92. The Kier molecular flexibility index (Phi) is 3.74. The Morgan fingerprint density at radius 1 is 1.24 bits per heavy atom. The molecule has 2 N–H and O–H groups in total. The second-order valence-electron chi connectivity index (χ2n) is 5.70. The zero-order valence-corrected chi connectivity index (χ0v) is 12.7. The van der Waals surface area contributed by atoms with E-state index in [0.29, 0.717) is 18.2 Å². The lowest BCUT2D eigenvalue weighted by molar-refractivity contribution is 0.342. The van der Waals surface area contributed by atoms with Crippen LogP contribution >= 0.6 is 0 Å². The van der Waals surface area contributed by atoms with Crippen LogP contribution in [0.5, 0.6) is 5.75 Å². The van der Waals surface area contributed by atoms with Gasteiger partial charge in [-0.05, 0) is 43.0 Å². The number of hydrogen-bond acceptors (Lipinski definition) is 3. The van der Waals surface area contributed by atoms with Gasteiger partial charge >= 0.3 is 0 Å². The molecule has 1 aliphatic heterocycles. The Morgan fingerprint density at radius 3 is 2.86 bits per heavy atom. The first-order chi connectivity index (χ1) is 10.2. The Bertz CT molecular complexity index is 639. The van der Waals surface area contributed by atoms with E-state index in [1.54, 1.807) is 0 Å². The molecular weight excluding hydrogens is 260 g/mol. The molecule has 0 radical (unpaired) electrons. The lowest BCUT2D eigenvalue weighted by Gasteiger charge is -2.35. The summed E-state index contributed by atoms with van der Waals surface area (Å²) in [6.07, 6.45) is 1.14. The largest absolute Gasteiger partial charge is 0.492 e. The highest BCUT2D eigenvalue weighted by molar-refractivity contribution is 5.71.